The van der Waals surface area contributed by atoms with Gasteiger partial charge in [-0.25, -0.2) is 14.6 Å². The molecular formula is C4H8F2N2O2. The lowest BCUT2D eigenvalue weighted by Gasteiger charge is -2.00. The summed E-state index contributed by atoms with van der Waals surface area (Å²) in [4.78, 5) is 10.2. The van der Waals surface area contributed by atoms with Crippen LogP contribution in [0.2, 0.25) is 0 Å². The second kappa shape index (κ2) is 5.07. The first-order chi connectivity index (χ1) is 4.66. The smallest absolute Gasteiger partial charge is 0.261 e. The molecule has 0 unspecified atom stereocenters. The summed E-state index contributed by atoms with van der Waals surface area (Å²) in [6, 6.07) is 0. The van der Waals surface area contributed by atoms with E-state index in [1.165, 1.54) is 0 Å². The number of amides is 1. The van der Waals surface area contributed by atoms with Gasteiger partial charge in [-0.1, -0.05) is 0 Å². The van der Waals surface area contributed by atoms with Crippen molar-refractivity contribution in [3.8, 4) is 0 Å². The van der Waals surface area contributed by atoms with Crippen LogP contribution in [0.5, 0.6) is 0 Å². The zero-order valence-electron chi connectivity index (χ0n) is 5.14. The quantitative estimate of drug-likeness (QED) is 0.318. The summed E-state index contributed by atoms with van der Waals surface area (Å²) in [7, 11) is 0. The first-order valence-electron chi connectivity index (χ1n) is 2.52. The Kier molecular flexibility index (Phi) is 4.69. The summed E-state index contributed by atoms with van der Waals surface area (Å²) in [5.41, 5.74) is 1.73. The van der Waals surface area contributed by atoms with Crippen molar-refractivity contribution in [3.05, 3.63) is 0 Å². The third-order valence-corrected chi connectivity index (χ3v) is 0.638. The molecule has 0 bridgehead atoms. The van der Waals surface area contributed by atoms with Crippen molar-refractivity contribution in [1.29, 1.82) is 0 Å². The van der Waals surface area contributed by atoms with Crippen molar-refractivity contribution in [3.63, 3.8) is 0 Å². The van der Waals surface area contributed by atoms with Crippen molar-refractivity contribution in [2.45, 2.75) is 6.43 Å². The minimum atomic E-state index is -2.55. The van der Waals surface area contributed by atoms with Crippen LogP contribution < -0.4 is 11.3 Å². The summed E-state index contributed by atoms with van der Waals surface area (Å²) in [5, 5.41) is 0. The normalized spacial score (nSPS) is 10.0. The zero-order chi connectivity index (χ0) is 7.98. The molecule has 0 spiro atoms. The van der Waals surface area contributed by atoms with Gasteiger partial charge in [0, 0.05) is 0 Å². The summed E-state index contributed by atoms with van der Waals surface area (Å²) < 4.78 is 26.8. The number of alkyl halides is 2. The van der Waals surface area contributed by atoms with Crippen LogP contribution in [-0.4, -0.2) is 25.5 Å². The largest absolute Gasteiger partial charge is 0.366 e. The number of carbonyl (C=O) groups excluding carboxylic acids is 1. The highest BCUT2D eigenvalue weighted by atomic mass is 19.3. The maximum atomic E-state index is 11.3. The lowest BCUT2D eigenvalue weighted by Crippen LogP contribution is -2.33. The molecule has 4 nitrogen and oxygen atoms in total. The third-order valence-electron chi connectivity index (χ3n) is 0.638. The Bertz CT molecular complexity index is 109. The van der Waals surface area contributed by atoms with E-state index in [1.54, 1.807) is 5.43 Å². The molecule has 0 aromatic rings. The van der Waals surface area contributed by atoms with Crippen molar-refractivity contribution in [1.82, 2.24) is 5.43 Å². The standard InChI is InChI=1S/C4H8F2N2O2/c5-3(6)1-10-2-4(9)8-7/h3H,1-2,7H2,(H,8,9). The van der Waals surface area contributed by atoms with Crippen LogP contribution in [0.15, 0.2) is 0 Å². The van der Waals surface area contributed by atoms with Gasteiger partial charge in [0.2, 0.25) is 0 Å². The molecule has 60 valence electrons. The Morgan fingerprint density at radius 3 is 2.70 bits per heavy atom. The molecule has 0 aliphatic rings. The predicted octanol–water partition coefficient (Wildman–Crippen LogP) is -0.742. The van der Waals surface area contributed by atoms with Crippen LogP contribution >= 0.6 is 0 Å². The van der Waals surface area contributed by atoms with Crippen LogP contribution in [-0.2, 0) is 9.53 Å². The molecule has 3 N–H and O–H groups in total. The molecule has 0 radical (unpaired) electrons. The molecule has 0 heterocycles. The van der Waals surface area contributed by atoms with Crippen LogP contribution in [0, 0.1) is 0 Å². The Balaban J connectivity index is 3.12. The van der Waals surface area contributed by atoms with E-state index >= 15 is 0 Å². The van der Waals surface area contributed by atoms with Crippen LogP contribution in [0.4, 0.5) is 8.78 Å². The molecule has 6 heteroatoms. The van der Waals surface area contributed by atoms with Gasteiger partial charge in [-0.2, -0.15) is 0 Å². The summed E-state index contributed by atoms with van der Waals surface area (Å²) in [6.45, 7) is -1.17. The number of ether oxygens (including phenoxy) is 1. The number of nitrogens with two attached hydrogens (primary N) is 1. The predicted molar refractivity (Wildman–Crippen MR) is 29.2 cm³/mol. The molecule has 0 rings (SSSR count). The van der Waals surface area contributed by atoms with E-state index < -0.39 is 25.5 Å². The Morgan fingerprint density at radius 1 is 1.70 bits per heavy atom. The molecule has 1 amide bonds. The first-order valence-corrected chi connectivity index (χ1v) is 2.52. The maximum absolute atomic E-state index is 11.3. The average Bonchev–Trinajstić information content (AvgIpc) is 1.87. The molecule has 0 saturated carbocycles. The van der Waals surface area contributed by atoms with Gasteiger partial charge in [0.25, 0.3) is 12.3 Å². The Labute approximate surface area is 56.3 Å². The van der Waals surface area contributed by atoms with Crippen LogP contribution in [0.1, 0.15) is 0 Å². The molecule has 10 heavy (non-hydrogen) atoms. The first kappa shape index (κ1) is 9.25. The topological polar surface area (TPSA) is 64.3 Å². The number of hydrogen-bond acceptors (Lipinski definition) is 3. The fourth-order valence-corrected chi connectivity index (χ4v) is 0.282. The number of hydrogen-bond donors (Lipinski definition) is 2. The minimum Gasteiger partial charge on any atom is -0.366 e. The van der Waals surface area contributed by atoms with E-state index in [0.717, 1.165) is 0 Å². The summed E-state index contributed by atoms with van der Waals surface area (Å²) in [5.74, 6) is 4.00. The van der Waals surface area contributed by atoms with Gasteiger partial charge in [-0.05, 0) is 0 Å². The number of rotatable bonds is 4. The highest BCUT2D eigenvalue weighted by Gasteiger charge is 2.03. The Hall–Kier alpha value is -0.750. The average molecular weight is 154 g/mol. The second-order valence-electron chi connectivity index (χ2n) is 1.47. The van der Waals surface area contributed by atoms with Crippen molar-refractivity contribution >= 4 is 5.91 Å². The van der Waals surface area contributed by atoms with E-state index in [-0.39, 0.29) is 0 Å². The van der Waals surface area contributed by atoms with E-state index in [0.29, 0.717) is 0 Å². The molecule has 0 aromatic carbocycles. The molecule has 0 aliphatic carbocycles. The van der Waals surface area contributed by atoms with E-state index in [9.17, 15) is 13.6 Å². The molecule has 0 saturated heterocycles. The van der Waals surface area contributed by atoms with E-state index in [4.69, 9.17) is 0 Å². The van der Waals surface area contributed by atoms with Gasteiger partial charge >= 0.3 is 0 Å². The van der Waals surface area contributed by atoms with E-state index in [2.05, 4.69) is 10.6 Å². The van der Waals surface area contributed by atoms with Gasteiger partial charge in [0.1, 0.15) is 13.2 Å². The number of nitrogens with one attached hydrogen (secondary N) is 1. The van der Waals surface area contributed by atoms with Gasteiger partial charge < -0.3 is 4.74 Å². The lowest BCUT2D eigenvalue weighted by molar-refractivity contribution is -0.127. The Morgan fingerprint density at radius 2 is 2.30 bits per heavy atom. The SMILES string of the molecule is NNC(=O)COCC(F)F. The van der Waals surface area contributed by atoms with Crippen LogP contribution in [0.3, 0.4) is 0 Å². The number of hydrazine groups is 1. The van der Waals surface area contributed by atoms with Crippen molar-refractivity contribution in [2.75, 3.05) is 13.2 Å². The maximum Gasteiger partial charge on any atom is 0.261 e. The zero-order valence-corrected chi connectivity index (χ0v) is 5.14. The minimum absolute atomic E-state index is 0.430. The van der Waals surface area contributed by atoms with Gasteiger partial charge in [0.05, 0.1) is 0 Å². The monoisotopic (exact) mass is 154 g/mol. The molecule has 0 atom stereocenters. The van der Waals surface area contributed by atoms with E-state index in [1.807, 2.05) is 0 Å². The number of carbonyl (C=O) groups is 1. The fourth-order valence-electron chi connectivity index (χ4n) is 0.282. The third kappa shape index (κ3) is 5.39. The molecule has 0 fully saturated rings. The summed E-state index contributed by atoms with van der Waals surface area (Å²) >= 11 is 0. The van der Waals surface area contributed by atoms with Crippen molar-refractivity contribution < 1.29 is 18.3 Å². The van der Waals surface area contributed by atoms with Crippen LogP contribution in [0.25, 0.3) is 0 Å². The molecule has 0 aromatic heterocycles. The van der Waals surface area contributed by atoms with Crippen molar-refractivity contribution in [2.24, 2.45) is 5.84 Å². The van der Waals surface area contributed by atoms with Gasteiger partial charge in [0.15, 0.2) is 0 Å². The highest BCUT2D eigenvalue weighted by molar-refractivity contribution is 5.76. The van der Waals surface area contributed by atoms with Gasteiger partial charge in [-0.15, -0.1) is 0 Å². The highest BCUT2D eigenvalue weighted by Crippen LogP contribution is 1.91. The second-order valence-corrected chi connectivity index (χ2v) is 1.47. The molecular weight excluding hydrogens is 146 g/mol. The number of halogens is 2. The van der Waals surface area contributed by atoms with Gasteiger partial charge in [-0.3, -0.25) is 10.2 Å². The lowest BCUT2D eigenvalue weighted by atomic mass is 10.6. The fraction of sp³-hybridized carbons (Fsp3) is 0.750. The molecule has 0 aliphatic heterocycles. The summed E-state index contributed by atoms with van der Waals surface area (Å²) in [6.07, 6.45) is -2.55.